The number of nitriles is 1. The number of aromatic nitrogens is 2. The Hall–Kier alpha value is -2.92. The maximum absolute atomic E-state index is 13.1. The Labute approximate surface area is 150 Å². The minimum atomic E-state index is -0.620. The number of amides is 1. The minimum Gasteiger partial charge on any atom is -0.365 e. The average molecular weight is 356 g/mol. The number of carbonyl (C=O) groups excluding carboxylic acids is 1. The number of anilines is 2. The number of hydrogen-bond acceptors (Lipinski definition) is 5. The second-order valence-electron chi connectivity index (χ2n) is 6.59. The molecule has 0 saturated heterocycles. The van der Waals surface area contributed by atoms with Gasteiger partial charge in [0.2, 0.25) is 0 Å². The zero-order valence-corrected chi connectivity index (χ0v) is 14.2. The van der Waals surface area contributed by atoms with Gasteiger partial charge < -0.3 is 16.8 Å². The molecular formula is C18H21FN6O. The molecule has 1 aliphatic rings. The Morgan fingerprint density at radius 2 is 2.12 bits per heavy atom. The minimum absolute atomic E-state index is 0.135. The van der Waals surface area contributed by atoms with Gasteiger partial charge in [-0.2, -0.15) is 10.4 Å². The van der Waals surface area contributed by atoms with Crippen LogP contribution in [0.3, 0.4) is 0 Å². The van der Waals surface area contributed by atoms with E-state index in [9.17, 15) is 14.4 Å². The second kappa shape index (κ2) is 7.54. The van der Waals surface area contributed by atoms with Crippen LogP contribution in [0.4, 0.5) is 15.9 Å². The van der Waals surface area contributed by atoms with Gasteiger partial charge in [0.25, 0.3) is 5.91 Å². The summed E-state index contributed by atoms with van der Waals surface area (Å²) in [5.41, 5.74) is 12.0. The van der Waals surface area contributed by atoms with E-state index in [1.54, 1.807) is 23.0 Å². The standard InChI is InChI=1S/C18H21FN6O/c19-13-2-4-14(5-3-13)23-18-15(17(22)26)10-25(24-18)16-6-1-11(8-20)7-12(16)9-21/h2-5,10-12,16H,1,6-8,20H2,(H2,22,26)(H,23,24)/t11?,12-,16?/m0/s1. The molecule has 8 heteroatoms. The maximum atomic E-state index is 13.1. The van der Waals surface area contributed by atoms with Gasteiger partial charge in [-0.25, -0.2) is 4.39 Å². The fourth-order valence-electron chi connectivity index (χ4n) is 3.42. The third kappa shape index (κ3) is 3.68. The van der Waals surface area contributed by atoms with Crippen LogP contribution in [0.25, 0.3) is 0 Å². The lowest BCUT2D eigenvalue weighted by atomic mass is 9.79. The fourth-order valence-corrected chi connectivity index (χ4v) is 3.42. The van der Waals surface area contributed by atoms with E-state index >= 15 is 0 Å². The molecule has 1 heterocycles. The number of hydrogen-bond donors (Lipinski definition) is 3. The number of nitrogens with one attached hydrogen (secondary N) is 1. The van der Waals surface area contributed by atoms with Gasteiger partial charge in [-0.1, -0.05) is 0 Å². The molecule has 5 N–H and O–H groups in total. The zero-order chi connectivity index (χ0) is 18.7. The molecule has 3 rings (SSSR count). The SMILES string of the molecule is N#C[C@@H]1CC(CN)CCC1n1cc(C(N)=O)c(Nc2ccc(F)cc2)n1. The lowest BCUT2D eigenvalue weighted by molar-refractivity contribution is 0.100. The van der Waals surface area contributed by atoms with Crippen LogP contribution < -0.4 is 16.8 Å². The fraction of sp³-hybridized carbons (Fsp3) is 0.389. The highest BCUT2D eigenvalue weighted by Gasteiger charge is 2.32. The molecule has 26 heavy (non-hydrogen) atoms. The summed E-state index contributed by atoms with van der Waals surface area (Å²) in [6, 6.07) is 7.91. The van der Waals surface area contributed by atoms with E-state index in [1.807, 2.05) is 0 Å². The number of carbonyl (C=O) groups is 1. The van der Waals surface area contributed by atoms with Gasteiger partial charge in [-0.15, -0.1) is 0 Å². The van der Waals surface area contributed by atoms with E-state index in [1.165, 1.54) is 12.1 Å². The van der Waals surface area contributed by atoms with Crippen LogP contribution in [0, 0.1) is 29.0 Å². The summed E-state index contributed by atoms with van der Waals surface area (Å²) in [5.74, 6) is -0.577. The summed E-state index contributed by atoms with van der Waals surface area (Å²) >= 11 is 0. The number of nitrogens with zero attached hydrogens (tertiary/aromatic N) is 3. The van der Waals surface area contributed by atoms with Crippen molar-refractivity contribution in [3.05, 3.63) is 41.8 Å². The van der Waals surface area contributed by atoms with Gasteiger partial charge in [0, 0.05) is 11.9 Å². The third-order valence-electron chi connectivity index (χ3n) is 4.87. The van der Waals surface area contributed by atoms with Gasteiger partial charge in [0.15, 0.2) is 5.82 Å². The lowest BCUT2D eigenvalue weighted by Crippen LogP contribution is -2.30. The van der Waals surface area contributed by atoms with Crippen molar-refractivity contribution in [3.8, 4) is 6.07 Å². The molecule has 1 aliphatic carbocycles. The number of halogens is 1. The first-order chi connectivity index (χ1) is 12.5. The number of nitrogens with two attached hydrogens (primary N) is 2. The summed E-state index contributed by atoms with van der Waals surface area (Å²) in [4.78, 5) is 11.8. The van der Waals surface area contributed by atoms with Crippen LogP contribution in [0.2, 0.25) is 0 Å². The van der Waals surface area contributed by atoms with Gasteiger partial charge in [0.1, 0.15) is 11.4 Å². The first-order valence-corrected chi connectivity index (χ1v) is 8.53. The summed E-state index contributed by atoms with van der Waals surface area (Å²) < 4.78 is 14.7. The highest BCUT2D eigenvalue weighted by molar-refractivity contribution is 5.98. The monoisotopic (exact) mass is 356 g/mol. The first-order valence-electron chi connectivity index (χ1n) is 8.53. The van der Waals surface area contributed by atoms with Gasteiger partial charge in [-0.3, -0.25) is 9.48 Å². The highest BCUT2D eigenvalue weighted by Crippen LogP contribution is 2.37. The Bertz CT molecular complexity index is 825. The summed E-state index contributed by atoms with van der Waals surface area (Å²) in [6.07, 6.45) is 3.96. The van der Waals surface area contributed by atoms with Gasteiger partial charge in [0.05, 0.1) is 18.0 Å². The first kappa shape index (κ1) is 17.9. The number of primary amides is 1. The maximum Gasteiger partial charge on any atom is 0.254 e. The Morgan fingerprint density at radius 1 is 1.38 bits per heavy atom. The van der Waals surface area contributed by atoms with Crippen LogP contribution in [0.1, 0.15) is 35.7 Å². The predicted octanol–water partition coefficient (Wildman–Crippen LogP) is 2.30. The quantitative estimate of drug-likeness (QED) is 0.758. The molecule has 1 aromatic carbocycles. The normalized spacial score (nSPS) is 22.6. The Kier molecular flexibility index (Phi) is 5.19. The van der Waals surface area contributed by atoms with E-state index in [2.05, 4.69) is 16.5 Å². The molecule has 1 saturated carbocycles. The predicted molar refractivity (Wildman–Crippen MR) is 95.0 cm³/mol. The Morgan fingerprint density at radius 3 is 2.73 bits per heavy atom. The summed E-state index contributed by atoms with van der Waals surface area (Å²) in [6.45, 7) is 0.563. The van der Waals surface area contributed by atoms with Crippen molar-refractivity contribution < 1.29 is 9.18 Å². The van der Waals surface area contributed by atoms with Crippen LogP contribution in [-0.4, -0.2) is 22.2 Å². The topological polar surface area (TPSA) is 123 Å². The molecule has 0 radical (unpaired) electrons. The van der Waals surface area contributed by atoms with Crippen molar-refractivity contribution in [2.24, 2.45) is 23.3 Å². The van der Waals surface area contributed by atoms with E-state index < -0.39 is 5.91 Å². The molecular weight excluding hydrogens is 335 g/mol. The third-order valence-corrected chi connectivity index (χ3v) is 4.87. The molecule has 2 aromatic rings. The second-order valence-corrected chi connectivity index (χ2v) is 6.59. The van der Waals surface area contributed by atoms with E-state index in [0.717, 1.165) is 12.8 Å². The van der Waals surface area contributed by atoms with E-state index in [4.69, 9.17) is 11.5 Å². The molecule has 1 amide bonds. The smallest absolute Gasteiger partial charge is 0.254 e. The lowest BCUT2D eigenvalue weighted by Gasteiger charge is -2.31. The van der Waals surface area contributed by atoms with Crippen molar-refractivity contribution >= 4 is 17.4 Å². The van der Waals surface area contributed by atoms with E-state index in [0.29, 0.717) is 30.4 Å². The van der Waals surface area contributed by atoms with Crippen molar-refractivity contribution in [3.63, 3.8) is 0 Å². The molecule has 1 aromatic heterocycles. The molecule has 2 unspecified atom stereocenters. The Balaban J connectivity index is 1.88. The summed E-state index contributed by atoms with van der Waals surface area (Å²) in [5, 5.41) is 16.9. The number of benzene rings is 1. The average Bonchev–Trinajstić information content (AvgIpc) is 3.07. The highest BCUT2D eigenvalue weighted by atomic mass is 19.1. The zero-order valence-electron chi connectivity index (χ0n) is 14.2. The van der Waals surface area contributed by atoms with Crippen LogP contribution in [-0.2, 0) is 0 Å². The molecule has 7 nitrogen and oxygen atoms in total. The molecule has 3 atom stereocenters. The van der Waals surface area contributed by atoms with Gasteiger partial charge in [-0.05, 0) is 56.0 Å². The van der Waals surface area contributed by atoms with Gasteiger partial charge >= 0.3 is 0 Å². The molecule has 0 bridgehead atoms. The van der Waals surface area contributed by atoms with E-state index in [-0.39, 0.29) is 23.3 Å². The molecule has 0 spiro atoms. The largest absolute Gasteiger partial charge is 0.365 e. The molecule has 1 fully saturated rings. The molecule has 136 valence electrons. The number of rotatable bonds is 5. The van der Waals surface area contributed by atoms with Crippen LogP contribution >= 0.6 is 0 Å². The molecule has 0 aliphatic heterocycles. The van der Waals surface area contributed by atoms with Crippen LogP contribution in [0.5, 0.6) is 0 Å². The van der Waals surface area contributed by atoms with Crippen LogP contribution in [0.15, 0.2) is 30.5 Å². The van der Waals surface area contributed by atoms with Crippen molar-refractivity contribution in [2.75, 3.05) is 11.9 Å². The van der Waals surface area contributed by atoms with Crippen molar-refractivity contribution in [2.45, 2.75) is 25.3 Å². The van der Waals surface area contributed by atoms with Crippen molar-refractivity contribution in [1.29, 1.82) is 5.26 Å². The summed E-state index contributed by atoms with van der Waals surface area (Å²) in [7, 11) is 0. The van der Waals surface area contributed by atoms with Crippen molar-refractivity contribution in [1.82, 2.24) is 9.78 Å².